The lowest BCUT2D eigenvalue weighted by atomic mass is 10.1. The molecule has 1 saturated heterocycles. The Balaban J connectivity index is 1.46. The van der Waals surface area contributed by atoms with Crippen LogP contribution in [0.25, 0.3) is 16.9 Å². The van der Waals surface area contributed by atoms with E-state index < -0.39 is 0 Å². The van der Waals surface area contributed by atoms with E-state index >= 15 is 0 Å². The zero-order valence-electron chi connectivity index (χ0n) is 17.0. The van der Waals surface area contributed by atoms with Crippen molar-refractivity contribution in [2.75, 3.05) is 39.4 Å². The first-order chi connectivity index (χ1) is 14.1. The number of ether oxygens (including phenoxy) is 1. The molecule has 152 valence electrons. The van der Waals surface area contributed by atoms with E-state index in [1.165, 1.54) is 0 Å². The highest BCUT2D eigenvalue weighted by atomic mass is 16.5. The number of hydrogen-bond acceptors (Lipinski definition) is 5. The van der Waals surface area contributed by atoms with Crippen molar-refractivity contribution in [3.8, 4) is 5.69 Å². The molecule has 2 aromatic heterocycles. The zero-order valence-corrected chi connectivity index (χ0v) is 17.0. The van der Waals surface area contributed by atoms with Crippen LogP contribution in [0.2, 0.25) is 0 Å². The summed E-state index contributed by atoms with van der Waals surface area (Å²) in [4.78, 5) is 24.1. The third-order valence-corrected chi connectivity index (χ3v) is 5.34. The van der Waals surface area contributed by atoms with Crippen molar-refractivity contribution in [2.24, 2.45) is 0 Å². The van der Waals surface area contributed by atoms with E-state index in [0.29, 0.717) is 12.1 Å². The lowest BCUT2D eigenvalue weighted by molar-refractivity contribution is 0.0374. The average molecular weight is 393 g/mol. The third kappa shape index (κ3) is 4.31. The summed E-state index contributed by atoms with van der Waals surface area (Å²) >= 11 is 0. The molecule has 0 spiro atoms. The molecule has 0 saturated carbocycles. The standard InChI is InChI=1S/C22H27N5O2/c1-16-6-7-18(22(28)24-9-4-10-26-11-13-29-14-12-26)15-20(16)27-17(2)25-19-5-3-8-23-21(19)27/h3,5-8,15H,4,9-14H2,1-2H3,(H,24,28). The molecule has 1 aromatic carbocycles. The molecule has 0 bridgehead atoms. The second-order valence-electron chi connectivity index (χ2n) is 7.41. The average Bonchev–Trinajstić information content (AvgIpc) is 3.08. The Bertz CT molecular complexity index is 1010. The number of aryl methyl sites for hydroxylation is 2. The zero-order chi connectivity index (χ0) is 20.2. The molecule has 7 nitrogen and oxygen atoms in total. The number of aromatic nitrogens is 3. The minimum absolute atomic E-state index is 0.0525. The predicted molar refractivity (Wildman–Crippen MR) is 113 cm³/mol. The van der Waals surface area contributed by atoms with Gasteiger partial charge >= 0.3 is 0 Å². The molecular weight excluding hydrogens is 366 g/mol. The van der Waals surface area contributed by atoms with Crippen LogP contribution in [0.5, 0.6) is 0 Å². The van der Waals surface area contributed by atoms with Crippen LogP contribution < -0.4 is 5.32 Å². The summed E-state index contributed by atoms with van der Waals surface area (Å²) in [5, 5.41) is 3.04. The van der Waals surface area contributed by atoms with Gasteiger partial charge in [0.05, 0.1) is 18.9 Å². The highest BCUT2D eigenvalue weighted by molar-refractivity contribution is 5.95. The van der Waals surface area contributed by atoms with Gasteiger partial charge in [-0.2, -0.15) is 0 Å². The number of pyridine rings is 1. The number of fused-ring (bicyclic) bond motifs is 1. The fraction of sp³-hybridized carbons (Fsp3) is 0.409. The predicted octanol–water partition coefficient (Wildman–Crippen LogP) is 2.49. The van der Waals surface area contributed by atoms with Gasteiger partial charge in [0.15, 0.2) is 5.65 Å². The number of carbonyl (C=O) groups excluding carboxylic acids is 1. The van der Waals surface area contributed by atoms with Crippen LogP contribution in [-0.4, -0.2) is 64.7 Å². The molecule has 1 aliphatic heterocycles. The first-order valence-electron chi connectivity index (χ1n) is 10.1. The minimum Gasteiger partial charge on any atom is -0.379 e. The Hall–Kier alpha value is -2.77. The lowest BCUT2D eigenvalue weighted by Gasteiger charge is -2.26. The number of hydrogen-bond donors (Lipinski definition) is 1. The molecule has 29 heavy (non-hydrogen) atoms. The minimum atomic E-state index is -0.0525. The summed E-state index contributed by atoms with van der Waals surface area (Å²) in [5.41, 5.74) is 4.30. The van der Waals surface area contributed by atoms with Gasteiger partial charge < -0.3 is 10.1 Å². The van der Waals surface area contributed by atoms with Gasteiger partial charge in [-0.15, -0.1) is 0 Å². The molecule has 1 amide bonds. The number of benzene rings is 1. The largest absolute Gasteiger partial charge is 0.379 e. The van der Waals surface area contributed by atoms with Crippen molar-refractivity contribution in [1.29, 1.82) is 0 Å². The maximum Gasteiger partial charge on any atom is 0.251 e. The number of carbonyl (C=O) groups is 1. The third-order valence-electron chi connectivity index (χ3n) is 5.34. The van der Waals surface area contributed by atoms with Crippen molar-refractivity contribution in [3.05, 3.63) is 53.5 Å². The second-order valence-corrected chi connectivity index (χ2v) is 7.41. The summed E-state index contributed by atoms with van der Waals surface area (Å²) in [6.07, 6.45) is 2.69. The van der Waals surface area contributed by atoms with Gasteiger partial charge in [-0.25, -0.2) is 9.97 Å². The Kier molecular flexibility index (Phi) is 5.87. The normalized spacial score (nSPS) is 15.0. The van der Waals surface area contributed by atoms with Crippen LogP contribution >= 0.6 is 0 Å². The van der Waals surface area contributed by atoms with Crippen molar-refractivity contribution < 1.29 is 9.53 Å². The first-order valence-corrected chi connectivity index (χ1v) is 10.1. The monoisotopic (exact) mass is 393 g/mol. The van der Waals surface area contributed by atoms with Gasteiger partial charge in [-0.05, 0) is 56.6 Å². The van der Waals surface area contributed by atoms with Crippen LogP contribution in [0.4, 0.5) is 0 Å². The molecule has 0 unspecified atom stereocenters. The molecule has 0 radical (unpaired) electrons. The highest BCUT2D eigenvalue weighted by Crippen LogP contribution is 2.23. The molecule has 0 aliphatic carbocycles. The Morgan fingerprint density at radius 3 is 2.86 bits per heavy atom. The molecule has 3 aromatic rings. The maximum absolute atomic E-state index is 12.7. The van der Waals surface area contributed by atoms with Gasteiger partial charge in [-0.3, -0.25) is 14.3 Å². The Morgan fingerprint density at radius 2 is 2.03 bits per heavy atom. The van der Waals surface area contributed by atoms with Crippen LogP contribution in [0, 0.1) is 13.8 Å². The Morgan fingerprint density at radius 1 is 1.21 bits per heavy atom. The fourth-order valence-corrected chi connectivity index (χ4v) is 3.74. The molecule has 3 heterocycles. The number of nitrogens with zero attached hydrogens (tertiary/aromatic N) is 4. The number of rotatable bonds is 6. The first kappa shape index (κ1) is 19.5. The van der Waals surface area contributed by atoms with Crippen molar-refractivity contribution >= 4 is 17.1 Å². The molecule has 1 N–H and O–H groups in total. The summed E-state index contributed by atoms with van der Waals surface area (Å²) < 4.78 is 7.38. The van der Waals surface area contributed by atoms with Crippen molar-refractivity contribution in [3.63, 3.8) is 0 Å². The SMILES string of the molecule is Cc1ccc(C(=O)NCCCN2CCOCC2)cc1-n1c(C)nc2cccnc21. The van der Waals surface area contributed by atoms with E-state index in [1.807, 2.05) is 48.7 Å². The van der Waals surface area contributed by atoms with Gasteiger partial charge in [0.25, 0.3) is 5.91 Å². The van der Waals surface area contributed by atoms with Crippen molar-refractivity contribution in [1.82, 2.24) is 24.8 Å². The molecule has 4 rings (SSSR count). The lowest BCUT2D eigenvalue weighted by Crippen LogP contribution is -2.38. The number of nitrogens with one attached hydrogen (secondary N) is 1. The van der Waals surface area contributed by atoms with E-state index in [2.05, 4.69) is 20.2 Å². The van der Waals surface area contributed by atoms with E-state index in [0.717, 1.165) is 67.5 Å². The number of morpholine rings is 1. The topological polar surface area (TPSA) is 72.3 Å². The van der Waals surface area contributed by atoms with Crippen LogP contribution in [0.1, 0.15) is 28.2 Å². The second kappa shape index (κ2) is 8.71. The summed E-state index contributed by atoms with van der Waals surface area (Å²) in [6.45, 7) is 9.18. The van der Waals surface area contributed by atoms with Crippen LogP contribution in [0.3, 0.4) is 0 Å². The molecular formula is C22H27N5O2. The van der Waals surface area contributed by atoms with E-state index in [-0.39, 0.29) is 5.91 Å². The molecule has 7 heteroatoms. The van der Waals surface area contributed by atoms with Gasteiger partial charge in [0.1, 0.15) is 11.3 Å². The maximum atomic E-state index is 12.7. The van der Waals surface area contributed by atoms with E-state index in [9.17, 15) is 4.79 Å². The Labute approximate surface area is 170 Å². The van der Waals surface area contributed by atoms with Crippen LogP contribution in [-0.2, 0) is 4.74 Å². The van der Waals surface area contributed by atoms with E-state index in [4.69, 9.17) is 4.74 Å². The molecule has 0 atom stereocenters. The van der Waals surface area contributed by atoms with Gasteiger partial charge in [0.2, 0.25) is 0 Å². The quantitative estimate of drug-likeness (QED) is 0.652. The fourth-order valence-electron chi connectivity index (χ4n) is 3.74. The summed E-state index contributed by atoms with van der Waals surface area (Å²) in [7, 11) is 0. The van der Waals surface area contributed by atoms with Crippen LogP contribution in [0.15, 0.2) is 36.5 Å². The summed E-state index contributed by atoms with van der Waals surface area (Å²) in [6, 6.07) is 9.61. The van der Waals surface area contributed by atoms with Gasteiger partial charge in [0, 0.05) is 31.4 Å². The molecule has 1 fully saturated rings. The highest BCUT2D eigenvalue weighted by Gasteiger charge is 2.15. The summed E-state index contributed by atoms with van der Waals surface area (Å²) in [5.74, 6) is 0.799. The molecule has 1 aliphatic rings. The van der Waals surface area contributed by atoms with E-state index in [1.54, 1.807) is 6.20 Å². The van der Waals surface area contributed by atoms with Gasteiger partial charge in [-0.1, -0.05) is 6.07 Å². The van der Waals surface area contributed by atoms with Crippen molar-refractivity contribution in [2.45, 2.75) is 20.3 Å². The smallest absolute Gasteiger partial charge is 0.251 e. The number of amides is 1. The number of imidazole rings is 1.